The van der Waals surface area contributed by atoms with Gasteiger partial charge < -0.3 is 11.1 Å². The van der Waals surface area contributed by atoms with Gasteiger partial charge in [-0.1, -0.05) is 6.42 Å². The highest BCUT2D eigenvalue weighted by Gasteiger charge is 2.38. The summed E-state index contributed by atoms with van der Waals surface area (Å²) in [5.41, 5.74) is 5.85. The van der Waals surface area contributed by atoms with Gasteiger partial charge in [0.2, 0.25) is 5.91 Å². The van der Waals surface area contributed by atoms with Crippen molar-refractivity contribution in [1.29, 1.82) is 0 Å². The SMILES string of the molecule is NCC1(CC(=O)NC2CC2)CCC1. The predicted molar refractivity (Wildman–Crippen MR) is 51.1 cm³/mol. The van der Waals surface area contributed by atoms with Gasteiger partial charge in [0.05, 0.1) is 0 Å². The summed E-state index contributed by atoms with van der Waals surface area (Å²) < 4.78 is 0. The zero-order valence-electron chi connectivity index (χ0n) is 8.01. The van der Waals surface area contributed by atoms with Crippen molar-refractivity contribution in [3.63, 3.8) is 0 Å². The van der Waals surface area contributed by atoms with Crippen molar-refractivity contribution in [2.45, 2.75) is 44.6 Å². The average molecular weight is 182 g/mol. The lowest BCUT2D eigenvalue weighted by atomic mass is 9.66. The molecule has 0 radical (unpaired) electrons. The van der Waals surface area contributed by atoms with Crippen LogP contribution in [0.25, 0.3) is 0 Å². The van der Waals surface area contributed by atoms with Crippen molar-refractivity contribution in [1.82, 2.24) is 5.32 Å². The molecule has 13 heavy (non-hydrogen) atoms. The minimum Gasteiger partial charge on any atom is -0.353 e. The van der Waals surface area contributed by atoms with Crippen LogP contribution in [0.2, 0.25) is 0 Å². The molecule has 2 saturated carbocycles. The van der Waals surface area contributed by atoms with Crippen LogP contribution in [-0.4, -0.2) is 18.5 Å². The molecule has 0 saturated heterocycles. The highest BCUT2D eigenvalue weighted by atomic mass is 16.1. The highest BCUT2D eigenvalue weighted by Crippen LogP contribution is 2.42. The third kappa shape index (κ3) is 2.02. The molecule has 2 aliphatic rings. The van der Waals surface area contributed by atoms with Gasteiger partial charge in [-0.15, -0.1) is 0 Å². The Kier molecular flexibility index (Phi) is 2.28. The number of rotatable bonds is 4. The Hall–Kier alpha value is -0.570. The van der Waals surface area contributed by atoms with Crippen LogP contribution in [0.15, 0.2) is 0 Å². The third-order valence-corrected chi connectivity index (χ3v) is 3.33. The number of hydrogen-bond donors (Lipinski definition) is 2. The van der Waals surface area contributed by atoms with Gasteiger partial charge in [0.25, 0.3) is 0 Å². The Morgan fingerprint density at radius 3 is 2.54 bits per heavy atom. The molecule has 3 N–H and O–H groups in total. The van der Waals surface area contributed by atoms with E-state index in [4.69, 9.17) is 5.73 Å². The molecule has 0 unspecified atom stereocenters. The van der Waals surface area contributed by atoms with E-state index in [1.165, 1.54) is 19.3 Å². The summed E-state index contributed by atoms with van der Waals surface area (Å²) in [7, 11) is 0. The van der Waals surface area contributed by atoms with Crippen molar-refractivity contribution in [2.75, 3.05) is 6.54 Å². The summed E-state index contributed by atoms with van der Waals surface area (Å²) in [6, 6.07) is 0.488. The van der Waals surface area contributed by atoms with Crippen LogP contribution in [0.5, 0.6) is 0 Å². The maximum atomic E-state index is 11.5. The minimum absolute atomic E-state index is 0.166. The van der Waals surface area contributed by atoms with Crippen LogP contribution in [0.1, 0.15) is 38.5 Å². The van der Waals surface area contributed by atoms with Gasteiger partial charge in [-0.2, -0.15) is 0 Å². The van der Waals surface area contributed by atoms with E-state index in [2.05, 4.69) is 5.32 Å². The van der Waals surface area contributed by atoms with Gasteiger partial charge in [-0.25, -0.2) is 0 Å². The Bertz CT molecular complexity index is 201. The average Bonchev–Trinajstić information content (AvgIpc) is 2.80. The standard InChI is InChI=1S/C10H18N2O/c11-7-10(4-1-5-10)6-9(13)12-8-2-3-8/h8H,1-7,11H2,(H,12,13). The van der Waals surface area contributed by atoms with E-state index in [0.717, 1.165) is 12.8 Å². The van der Waals surface area contributed by atoms with E-state index >= 15 is 0 Å². The van der Waals surface area contributed by atoms with E-state index in [1.807, 2.05) is 0 Å². The summed E-state index contributed by atoms with van der Waals surface area (Å²) in [5, 5.41) is 3.02. The van der Waals surface area contributed by atoms with E-state index in [1.54, 1.807) is 0 Å². The topological polar surface area (TPSA) is 55.1 Å². The van der Waals surface area contributed by atoms with E-state index in [-0.39, 0.29) is 11.3 Å². The number of nitrogens with two attached hydrogens (primary N) is 1. The first-order valence-electron chi connectivity index (χ1n) is 5.24. The van der Waals surface area contributed by atoms with E-state index in [0.29, 0.717) is 19.0 Å². The molecule has 0 aromatic carbocycles. The monoisotopic (exact) mass is 182 g/mol. The largest absolute Gasteiger partial charge is 0.353 e. The zero-order valence-corrected chi connectivity index (χ0v) is 8.01. The number of carbonyl (C=O) groups is 1. The molecule has 0 spiro atoms. The van der Waals surface area contributed by atoms with Crippen LogP contribution >= 0.6 is 0 Å². The molecular formula is C10H18N2O. The normalized spacial score (nSPS) is 25.0. The molecule has 74 valence electrons. The van der Waals surface area contributed by atoms with Crippen molar-refractivity contribution in [3.05, 3.63) is 0 Å². The molecule has 0 aromatic heterocycles. The van der Waals surface area contributed by atoms with Gasteiger partial charge in [0.1, 0.15) is 0 Å². The second-order valence-corrected chi connectivity index (χ2v) is 4.58. The maximum absolute atomic E-state index is 11.5. The lowest BCUT2D eigenvalue weighted by Crippen LogP contribution is -2.42. The molecule has 3 heteroatoms. The Morgan fingerprint density at radius 2 is 2.15 bits per heavy atom. The lowest BCUT2D eigenvalue weighted by Gasteiger charge is -2.40. The zero-order chi connectivity index (χ0) is 9.31. The molecule has 0 bridgehead atoms. The van der Waals surface area contributed by atoms with Gasteiger partial charge in [-0.05, 0) is 37.6 Å². The molecule has 1 amide bonds. The number of hydrogen-bond acceptors (Lipinski definition) is 2. The molecule has 3 nitrogen and oxygen atoms in total. The van der Waals surface area contributed by atoms with Crippen molar-refractivity contribution in [2.24, 2.45) is 11.1 Å². The van der Waals surface area contributed by atoms with E-state index in [9.17, 15) is 4.79 Å². The quantitative estimate of drug-likeness (QED) is 0.675. The fraction of sp³-hybridized carbons (Fsp3) is 0.900. The second kappa shape index (κ2) is 3.29. The maximum Gasteiger partial charge on any atom is 0.220 e. The van der Waals surface area contributed by atoms with Crippen LogP contribution in [0, 0.1) is 5.41 Å². The number of carbonyl (C=O) groups excluding carboxylic acids is 1. The van der Waals surface area contributed by atoms with Gasteiger partial charge in [0.15, 0.2) is 0 Å². The lowest BCUT2D eigenvalue weighted by molar-refractivity contribution is -0.124. The first kappa shape index (κ1) is 9.00. The van der Waals surface area contributed by atoms with Crippen LogP contribution in [0.4, 0.5) is 0 Å². The van der Waals surface area contributed by atoms with Gasteiger partial charge in [0, 0.05) is 12.5 Å². The Balaban J connectivity index is 1.77. The fourth-order valence-corrected chi connectivity index (χ4v) is 1.98. The molecule has 2 fully saturated rings. The summed E-state index contributed by atoms with van der Waals surface area (Å²) in [6.45, 7) is 0.672. The first-order chi connectivity index (χ1) is 6.24. The highest BCUT2D eigenvalue weighted by molar-refractivity contribution is 5.77. The van der Waals surface area contributed by atoms with Crippen LogP contribution in [0.3, 0.4) is 0 Å². The van der Waals surface area contributed by atoms with Crippen molar-refractivity contribution in [3.8, 4) is 0 Å². The van der Waals surface area contributed by atoms with E-state index < -0.39 is 0 Å². The third-order valence-electron chi connectivity index (χ3n) is 3.33. The van der Waals surface area contributed by atoms with Gasteiger partial charge >= 0.3 is 0 Å². The smallest absolute Gasteiger partial charge is 0.220 e. The second-order valence-electron chi connectivity index (χ2n) is 4.58. The first-order valence-corrected chi connectivity index (χ1v) is 5.24. The molecule has 0 aliphatic heterocycles. The van der Waals surface area contributed by atoms with Crippen molar-refractivity contribution < 1.29 is 4.79 Å². The van der Waals surface area contributed by atoms with Crippen LogP contribution in [-0.2, 0) is 4.79 Å². The van der Waals surface area contributed by atoms with Gasteiger partial charge in [-0.3, -0.25) is 4.79 Å². The van der Waals surface area contributed by atoms with Crippen LogP contribution < -0.4 is 11.1 Å². The predicted octanol–water partition coefficient (Wildman–Crippen LogP) is 0.784. The molecule has 0 heterocycles. The fourth-order valence-electron chi connectivity index (χ4n) is 1.98. The summed E-state index contributed by atoms with van der Waals surface area (Å²) in [6.07, 6.45) is 6.51. The number of nitrogens with one attached hydrogen (secondary N) is 1. The molecule has 2 rings (SSSR count). The Morgan fingerprint density at radius 1 is 1.46 bits per heavy atom. The molecule has 0 atom stereocenters. The Labute approximate surface area is 79.1 Å². The number of amides is 1. The molecular weight excluding hydrogens is 164 g/mol. The minimum atomic E-state index is 0.166. The summed E-state index contributed by atoms with van der Waals surface area (Å²) in [4.78, 5) is 11.5. The van der Waals surface area contributed by atoms with Crippen molar-refractivity contribution >= 4 is 5.91 Å². The molecule has 0 aromatic rings. The summed E-state index contributed by atoms with van der Waals surface area (Å²) in [5.74, 6) is 0.215. The summed E-state index contributed by atoms with van der Waals surface area (Å²) >= 11 is 0. The molecule has 2 aliphatic carbocycles.